The molecule has 7 heteroatoms. The predicted molar refractivity (Wildman–Crippen MR) is 129 cm³/mol. The van der Waals surface area contributed by atoms with Crippen molar-refractivity contribution in [3.8, 4) is 0 Å². The number of benzene rings is 3. The fourth-order valence-electron chi connectivity index (χ4n) is 4.02. The normalized spacial score (nSPS) is 15.5. The first kappa shape index (κ1) is 22.1. The van der Waals surface area contributed by atoms with Gasteiger partial charge in [-0.2, -0.15) is 0 Å². The van der Waals surface area contributed by atoms with Gasteiger partial charge in [0.25, 0.3) is 0 Å². The van der Waals surface area contributed by atoms with E-state index in [0.29, 0.717) is 24.9 Å². The third-order valence-electron chi connectivity index (χ3n) is 5.84. The maximum atomic E-state index is 13.5. The number of amidine groups is 1. The van der Waals surface area contributed by atoms with Gasteiger partial charge in [0, 0.05) is 23.4 Å². The average Bonchev–Trinajstić information content (AvgIpc) is 3.20. The number of carbonyl (C=O) groups is 2. The second-order valence-electron chi connectivity index (χ2n) is 7.89. The first-order valence-electron chi connectivity index (χ1n) is 10.7. The molecule has 168 valence electrons. The van der Waals surface area contributed by atoms with Crippen molar-refractivity contribution in [1.82, 2.24) is 0 Å². The van der Waals surface area contributed by atoms with Crippen LogP contribution in [0.1, 0.15) is 29.2 Å². The summed E-state index contributed by atoms with van der Waals surface area (Å²) in [5.74, 6) is -0.243. The lowest BCUT2D eigenvalue weighted by Crippen LogP contribution is -2.32. The summed E-state index contributed by atoms with van der Waals surface area (Å²) in [4.78, 5) is 28.5. The van der Waals surface area contributed by atoms with E-state index in [1.807, 2.05) is 71.6 Å². The zero-order valence-corrected chi connectivity index (χ0v) is 18.4. The molecule has 2 amide bonds. The fraction of sp³-hybridized carbons (Fsp3) is 0.192. The Morgan fingerprint density at radius 3 is 2.27 bits per heavy atom. The minimum atomic E-state index is -0.234. The van der Waals surface area contributed by atoms with Crippen LogP contribution in [-0.2, 0) is 16.0 Å². The van der Waals surface area contributed by atoms with Gasteiger partial charge in [-0.15, -0.1) is 0 Å². The summed E-state index contributed by atoms with van der Waals surface area (Å²) >= 11 is 0. The number of carbonyl (C=O) groups excluding carboxylic acids is 2. The number of ether oxygens (including phenoxy) is 1. The Balaban J connectivity index is 1.63. The Labute approximate surface area is 192 Å². The number of methoxy groups -OCH3 is 1. The Morgan fingerprint density at radius 2 is 1.67 bits per heavy atom. The Morgan fingerprint density at radius 1 is 1.00 bits per heavy atom. The molecule has 33 heavy (non-hydrogen) atoms. The third kappa shape index (κ3) is 4.72. The summed E-state index contributed by atoms with van der Waals surface area (Å²) in [6.07, 6.45) is 0.936. The maximum Gasteiger partial charge on any atom is 0.329 e. The molecule has 0 bridgehead atoms. The van der Waals surface area contributed by atoms with Crippen LogP contribution in [0.4, 0.5) is 16.2 Å². The number of nitrogens with zero attached hydrogens (tertiary/aromatic N) is 2. The van der Waals surface area contributed by atoms with Crippen molar-refractivity contribution in [2.75, 3.05) is 23.5 Å². The lowest BCUT2D eigenvalue weighted by molar-refractivity contribution is -0.140. The van der Waals surface area contributed by atoms with Gasteiger partial charge in [0.15, 0.2) is 0 Å². The Hall–Kier alpha value is -4.13. The topological polar surface area (TPSA) is 99.7 Å². The maximum absolute atomic E-state index is 13.5. The standard InChI is InChI=1S/C26H26N4O3/c1-33-24(31)16-9-18-7-10-19(11-8-18)23-17-29(21-14-12-20(13-15-21)25(27)28)26(32)30(23)22-5-3-2-4-6-22/h2-8,10-15,23H,9,16-17H2,1H3,(H3,27,28). The summed E-state index contributed by atoms with van der Waals surface area (Å²) < 4.78 is 4.72. The number of aryl methyl sites for hydroxylation is 1. The van der Waals surface area contributed by atoms with E-state index in [1.54, 1.807) is 17.0 Å². The van der Waals surface area contributed by atoms with E-state index in [4.69, 9.17) is 15.9 Å². The van der Waals surface area contributed by atoms with Crippen LogP contribution in [0.15, 0.2) is 78.9 Å². The monoisotopic (exact) mass is 442 g/mol. The van der Waals surface area contributed by atoms with E-state index < -0.39 is 0 Å². The number of para-hydroxylation sites is 1. The lowest BCUT2D eigenvalue weighted by Gasteiger charge is -2.23. The van der Waals surface area contributed by atoms with Crippen LogP contribution in [0.3, 0.4) is 0 Å². The SMILES string of the molecule is COC(=O)CCc1ccc(C2CN(c3ccc(C(=N)N)cc3)C(=O)N2c2ccccc2)cc1. The van der Waals surface area contributed by atoms with E-state index in [9.17, 15) is 9.59 Å². The Kier molecular flexibility index (Phi) is 6.40. The zero-order chi connectivity index (χ0) is 23.4. The molecule has 0 spiro atoms. The average molecular weight is 443 g/mol. The predicted octanol–water partition coefficient (Wildman–Crippen LogP) is 4.26. The van der Waals surface area contributed by atoms with Crippen LogP contribution >= 0.6 is 0 Å². The highest BCUT2D eigenvalue weighted by molar-refractivity contribution is 6.07. The van der Waals surface area contributed by atoms with Crippen molar-refractivity contribution < 1.29 is 14.3 Å². The number of hydrogen-bond donors (Lipinski definition) is 2. The van der Waals surface area contributed by atoms with Gasteiger partial charge in [0.2, 0.25) is 0 Å². The van der Waals surface area contributed by atoms with Crippen molar-refractivity contribution in [2.45, 2.75) is 18.9 Å². The van der Waals surface area contributed by atoms with Gasteiger partial charge < -0.3 is 10.5 Å². The molecule has 1 aliphatic rings. The summed E-state index contributed by atoms with van der Waals surface area (Å²) in [6, 6.07) is 24.5. The van der Waals surface area contributed by atoms with Gasteiger partial charge in [0.1, 0.15) is 5.84 Å². The number of nitrogens with two attached hydrogens (primary N) is 1. The molecule has 0 radical (unpaired) electrons. The molecule has 1 unspecified atom stereocenters. The van der Waals surface area contributed by atoms with E-state index in [2.05, 4.69) is 0 Å². The number of rotatable bonds is 7. The van der Waals surface area contributed by atoms with Gasteiger partial charge in [-0.05, 0) is 53.9 Å². The summed E-state index contributed by atoms with van der Waals surface area (Å²) in [5, 5.41) is 7.59. The number of urea groups is 1. The lowest BCUT2D eigenvalue weighted by atomic mass is 10.0. The van der Waals surface area contributed by atoms with Crippen LogP contribution in [0.5, 0.6) is 0 Å². The molecule has 3 aromatic rings. The second-order valence-corrected chi connectivity index (χ2v) is 7.89. The number of nitrogen functional groups attached to an aromatic ring is 1. The van der Waals surface area contributed by atoms with Gasteiger partial charge in [-0.25, -0.2) is 4.79 Å². The van der Waals surface area contributed by atoms with E-state index in [0.717, 1.165) is 22.5 Å². The van der Waals surface area contributed by atoms with E-state index in [-0.39, 0.29) is 23.9 Å². The minimum Gasteiger partial charge on any atom is -0.469 e. The van der Waals surface area contributed by atoms with Gasteiger partial charge >= 0.3 is 12.0 Å². The molecule has 0 aromatic heterocycles. The second kappa shape index (κ2) is 9.56. The van der Waals surface area contributed by atoms with Crippen LogP contribution in [0.2, 0.25) is 0 Å². The van der Waals surface area contributed by atoms with E-state index in [1.165, 1.54) is 7.11 Å². The quantitative estimate of drug-likeness (QED) is 0.324. The molecular formula is C26H26N4O3. The van der Waals surface area contributed by atoms with Crippen molar-refractivity contribution in [2.24, 2.45) is 5.73 Å². The summed E-state index contributed by atoms with van der Waals surface area (Å²) in [5.41, 5.74) is 9.81. The molecule has 1 heterocycles. The molecule has 1 saturated heterocycles. The van der Waals surface area contributed by atoms with Crippen molar-refractivity contribution in [3.05, 3.63) is 95.6 Å². The van der Waals surface area contributed by atoms with Crippen LogP contribution in [0, 0.1) is 5.41 Å². The third-order valence-corrected chi connectivity index (χ3v) is 5.84. The minimum absolute atomic E-state index is 0.00891. The van der Waals surface area contributed by atoms with Crippen molar-refractivity contribution in [3.63, 3.8) is 0 Å². The highest BCUT2D eigenvalue weighted by Gasteiger charge is 2.39. The van der Waals surface area contributed by atoms with E-state index >= 15 is 0 Å². The molecule has 4 rings (SSSR count). The van der Waals surface area contributed by atoms with Crippen molar-refractivity contribution >= 4 is 29.2 Å². The Bertz CT molecular complexity index is 1140. The largest absolute Gasteiger partial charge is 0.469 e. The summed E-state index contributed by atoms with van der Waals surface area (Å²) in [7, 11) is 1.39. The molecule has 3 N–H and O–H groups in total. The number of esters is 1. The smallest absolute Gasteiger partial charge is 0.329 e. The molecule has 1 fully saturated rings. The molecular weight excluding hydrogens is 416 g/mol. The fourth-order valence-corrected chi connectivity index (χ4v) is 4.02. The molecule has 0 saturated carbocycles. The zero-order valence-electron chi connectivity index (χ0n) is 18.4. The highest BCUT2D eigenvalue weighted by Crippen LogP contribution is 2.37. The van der Waals surface area contributed by atoms with Crippen molar-refractivity contribution in [1.29, 1.82) is 5.41 Å². The number of anilines is 2. The number of hydrogen-bond acceptors (Lipinski definition) is 4. The summed E-state index contributed by atoms with van der Waals surface area (Å²) in [6.45, 7) is 0.481. The molecule has 1 atom stereocenters. The number of nitrogens with one attached hydrogen (secondary N) is 1. The van der Waals surface area contributed by atoms with Gasteiger partial charge in [-0.3, -0.25) is 20.0 Å². The number of amides is 2. The van der Waals surface area contributed by atoms with Gasteiger partial charge in [-0.1, -0.05) is 42.5 Å². The molecule has 3 aromatic carbocycles. The molecule has 1 aliphatic heterocycles. The first-order chi connectivity index (χ1) is 16.0. The van der Waals surface area contributed by atoms with Gasteiger partial charge in [0.05, 0.1) is 19.7 Å². The van der Waals surface area contributed by atoms with Crippen LogP contribution in [0.25, 0.3) is 0 Å². The molecule has 0 aliphatic carbocycles. The van der Waals surface area contributed by atoms with Crippen LogP contribution < -0.4 is 15.5 Å². The highest BCUT2D eigenvalue weighted by atomic mass is 16.5. The van der Waals surface area contributed by atoms with Crippen LogP contribution in [-0.4, -0.2) is 31.5 Å². The molecule has 7 nitrogen and oxygen atoms in total. The first-order valence-corrected chi connectivity index (χ1v) is 10.7.